The first-order valence-electron chi connectivity index (χ1n) is 6.33. The van der Waals surface area contributed by atoms with Crippen LogP contribution in [0.5, 0.6) is 0 Å². The Labute approximate surface area is 112 Å². The molecular formula is C14H17ClN2O. The van der Waals surface area contributed by atoms with Gasteiger partial charge in [-0.15, -0.1) is 0 Å². The smallest absolute Gasteiger partial charge is 0.0969 e. The van der Waals surface area contributed by atoms with Gasteiger partial charge in [-0.25, -0.2) is 0 Å². The van der Waals surface area contributed by atoms with Gasteiger partial charge in [-0.1, -0.05) is 23.7 Å². The lowest BCUT2D eigenvalue weighted by Gasteiger charge is -2.14. The van der Waals surface area contributed by atoms with E-state index in [0.29, 0.717) is 0 Å². The van der Waals surface area contributed by atoms with Gasteiger partial charge >= 0.3 is 0 Å². The first kappa shape index (κ1) is 12.0. The van der Waals surface area contributed by atoms with Crippen molar-refractivity contribution < 1.29 is 4.74 Å². The summed E-state index contributed by atoms with van der Waals surface area (Å²) in [4.78, 5) is 0. The second kappa shape index (κ2) is 4.92. The quantitative estimate of drug-likeness (QED) is 0.857. The topological polar surface area (TPSA) is 26.2 Å². The van der Waals surface area contributed by atoms with Crippen molar-refractivity contribution in [1.29, 1.82) is 0 Å². The SMILES string of the molecule is Cn1cc(C2CNCCCO2)c2cccc(Cl)c21. The molecule has 0 saturated carbocycles. The third-order valence-electron chi connectivity index (χ3n) is 3.48. The van der Waals surface area contributed by atoms with E-state index in [2.05, 4.69) is 22.1 Å². The van der Waals surface area contributed by atoms with Gasteiger partial charge in [-0.2, -0.15) is 0 Å². The maximum absolute atomic E-state index is 6.27. The van der Waals surface area contributed by atoms with E-state index in [0.717, 1.165) is 36.7 Å². The lowest BCUT2D eigenvalue weighted by molar-refractivity contribution is 0.0678. The van der Waals surface area contributed by atoms with Crippen molar-refractivity contribution in [3.8, 4) is 0 Å². The van der Waals surface area contributed by atoms with Crippen LogP contribution in [-0.4, -0.2) is 24.3 Å². The van der Waals surface area contributed by atoms with Crippen molar-refractivity contribution in [3.05, 3.63) is 35.0 Å². The summed E-state index contributed by atoms with van der Waals surface area (Å²) in [6, 6.07) is 6.04. The molecule has 2 aromatic rings. The van der Waals surface area contributed by atoms with Crippen LogP contribution >= 0.6 is 11.6 Å². The molecule has 1 aromatic carbocycles. The number of benzene rings is 1. The lowest BCUT2D eigenvalue weighted by Crippen LogP contribution is -2.19. The highest BCUT2D eigenvalue weighted by Crippen LogP contribution is 2.32. The van der Waals surface area contributed by atoms with Gasteiger partial charge in [-0.3, -0.25) is 0 Å². The van der Waals surface area contributed by atoms with E-state index in [1.807, 2.05) is 19.2 Å². The van der Waals surface area contributed by atoms with Gasteiger partial charge in [0.1, 0.15) is 0 Å². The van der Waals surface area contributed by atoms with E-state index in [1.165, 1.54) is 10.9 Å². The summed E-state index contributed by atoms with van der Waals surface area (Å²) in [6.07, 6.45) is 3.32. The molecule has 0 bridgehead atoms. The van der Waals surface area contributed by atoms with Crippen LogP contribution in [0.3, 0.4) is 0 Å². The minimum absolute atomic E-state index is 0.120. The van der Waals surface area contributed by atoms with Crippen LogP contribution in [0.25, 0.3) is 10.9 Å². The molecule has 1 atom stereocenters. The third-order valence-corrected chi connectivity index (χ3v) is 3.78. The summed E-state index contributed by atoms with van der Waals surface area (Å²) in [5, 5.41) is 5.40. The van der Waals surface area contributed by atoms with Crippen molar-refractivity contribution in [2.45, 2.75) is 12.5 Å². The van der Waals surface area contributed by atoms with Gasteiger partial charge in [0.15, 0.2) is 0 Å². The largest absolute Gasteiger partial charge is 0.372 e. The summed E-state index contributed by atoms with van der Waals surface area (Å²) < 4.78 is 8.02. The van der Waals surface area contributed by atoms with Crippen LogP contribution in [0.4, 0.5) is 0 Å². The molecule has 1 unspecified atom stereocenters. The maximum atomic E-state index is 6.27. The van der Waals surface area contributed by atoms with E-state index >= 15 is 0 Å². The van der Waals surface area contributed by atoms with Crippen LogP contribution in [-0.2, 0) is 11.8 Å². The monoisotopic (exact) mass is 264 g/mol. The van der Waals surface area contributed by atoms with Gasteiger partial charge in [0, 0.05) is 37.3 Å². The molecule has 1 aromatic heterocycles. The lowest BCUT2D eigenvalue weighted by atomic mass is 10.1. The zero-order valence-electron chi connectivity index (χ0n) is 10.4. The van der Waals surface area contributed by atoms with Gasteiger partial charge in [0.05, 0.1) is 16.6 Å². The Balaban J connectivity index is 2.08. The summed E-state index contributed by atoms with van der Waals surface area (Å²) in [6.45, 7) is 2.71. The molecule has 1 aliphatic rings. The summed E-state index contributed by atoms with van der Waals surface area (Å²) in [5.41, 5.74) is 2.31. The summed E-state index contributed by atoms with van der Waals surface area (Å²) in [5.74, 6) is 0. The molecule has 96 valence electrons. The third kappa shape index (κ3) is 2.03. The molecule has 3 nitrogen and oxygen atoms in total. The number of aromatic nitrogens is 1. The van der Waals surface area contributed by atoms with Crippen molar-refractivity contribution in [1.82, 2.24) is 9.88 Å². The van der Waals surface area contributed by atoms with Crippen molar-refractivity contribution in [2.24, 2.45) is 7.05 Å². The molecule has 3 rings (SSSR count). The van der Waals surface area contributed by atoms with Gasteiger partial charge in [0.25, 0.3) is 0 Å². The predicted octanol–water partition coefficient (Wildman–Crippen LogP) is 2.88. The van der Waals surface area contributed by atoms with E-state index in [1.54, 1.807) is 0 Å². The second-order valence-corrected chi connectivity index (χ2v) is 5.16. The minimum atomic E-state index is 0.120. The number of halogens is 1. The summed E-state index contributed by atoms with van der Waals surface area (Å²) >= 11 is 6.27. The Kier molecular flexibility index (Phi) is 3.29. The van der Waals surface area contributed by atoms with Crippen molar-refractivity contribution in [2.75, 3.05) is 19.7 Å². The zero-order chi connectivity index (χ0) is 12.5. The van der Waals surface area contributed by atoms with Crippen LogP contribution in [0, 0.1) is 0 Å². The molecule has 1 fully saturated rings. The minimum Gasteiger partial charge on any atom is -0.372 e. The maximum Gasteiger partial charge on any atom is 0.0969 e. The van der Waals surface area contributed by atoms with Gasteiger partial charge in [0.2, 0.25) is 0 Å². The van der Waals surface area contributed by atoms with Gasteiger partial charge < -0.3 is 14.6 Å². The number of rotatable bonds is 1. The predicted molar refractivity (Wildman–Crippen MR) is 74.1 cm³/mol. The molecule has 1 saturated heterocycles. The fourth-order valence-corrected chi connectivity index (χ4v) is 2.93. The highest BCUT2D eigenvalue weighted by atomic mass is 35.5. The number of hydrogen-bond donors (Lipinski definition) is 1. The van der Waals surface area contributed by atoms with Crippen molar-refractivity contribution >= 4 is 22.5 Å². The van der Waals surface area contributed by atoms with Crippen LogP contribution in [0.1, 0.15) is 18.1 Å². The molecule has 0 aliphatic carbocycles. The number of aryl methyl sites for hydroxylation is 1. The molecular weight excluding hydrogens is 248 g/mol. The standard InChI is InChI=1S/C14H17ClN2O/c1-17-9-11(13-8-16-6-3-7-18-13)10-4-2-5-12(15)14(10)17/h2,4-5,9,13,16H,3,6-8H2,1H3. The second-order valence-electron chi connectivity index (χ2n) is 4.75. The highest BCUT2D eigenvalue weighted by molar-refractivity contribution is 6.35. The van der Waals surface area contributed by atoms with E-state index in [9.17, 15) is 0 Å². The number of nitrogens with zero attached hydrogens (tertiary/aromatic N) is 1. The first-order valence-corrected chi connectivity index (χ1v) is 6.71. The molecule has 0 amide bonds. The highest BCUT2D eigenvalue weighted by Gasteiger charge is 2.20. The number of nitrogens with one attached hydrogen (secondary N) is 1. The molecule has 4 heteroatoms. The average molecular weight is 265 g/mol. The molecule has 18 heavy (non-hydrogen) atoms. The van der Waals surface area contributed by atoms with Crippen LogP contribution in [0.2, 0.25) is 5.02 Å². The Morgan fingerprint density at radius 2 is 2.33 bits per heavy atom. The number of hydrogen-bond acceptors (Lipinski definition) is 2. The van der Waals surface area contributed by atoms with Crippen LogP contribution in [0.15, 0.2) is 24.4 Å². The Morgan fingerprint density at radius 3 is 3.22 bits per heavy atom. The fourth-order valence-electron chi connectivity index (χ4n) is 2.62. The number of para-hydroxylation sites is 1. The Bertz CT molecular complexity index is 556. The molecule has 0 radical (unpaired) electrons. The molecule has 1 aliphatic heterocycles. The zero-order valence-corrected chi connectivity index (χ0v) is 11.2. The van der Waals surface area contributed by atoms with E-state index in [4.69, 9.17) is 16.3 Å². The average Bonchev–Trinajstić information content (AvgIpc) is 2.56. The first-order chi connectivity index (χ1) is 8.77. The normalized spacial score (nSPS) is 21.1. The van der Waals surface area contributed by atoms with Crippen molar-refractivity contribution in [3.63, 3.8) is 0 Å². The molecule has 0 spiro atoms. The Hall–Kier alpha value is -1.03. The molecule has 2 heterocycles. The van der Waals surface area contributed by atoms with Gasteiger partial charge in [-0.05, 0) is 19.0 Å². The van der Waals surface area contributed by atoms with E-state index in [-0.39, 0.29) is 6.10 Å². The number of fused-ring (bicyclic) bond motifs is 1. The van der Waals surface area contributed by atoms with Crippen LogP contribution < -0.4 is 5.32 Å². The molecule has 1 N–H and O–H groups in total. The van der Waals surface area contributed by atoms with E-state index < -0.39 is 0 Å². The summed E-state index contributed by atoms with van der Waals surface area (Å²) in [7, 11) is 2.03. The Morgan fingerprint density at radius 1 is 1.44 bits per heavy atom. The number of ether oxygens (including phenoxy) is 1. The fraction of sp³-hybridized carbons (Fsp3) is 0.429.